The smallest absolute Gasteiger partial charge is 0.423 e. The van der Waals surface area contributed by atoms with Gasteiger partial charge in [0.2, 0.25) is 10.0 Å². The van der Waals surface area contributed by atoms with Gasteiger partial charge in [0.05, 0.1) is 15.9 Å². The number of rotatable bonds is 13. The zero-order valence-corrected chi connectivity index (χ0v) is 24.8. The molecule has 0 heterocycles. The van der Waals surface area contributed by atoms with Crippen LogP contribution in [0.5, 0.6) is 0 Å². The first kappa shape index (κ1) is 33.8. The summed E-state index contributed by atoms with van der Waals surface area (Å²) < 4.78 is 74.8. The number of alkyl halides is 3. The molecule has 2 atom stereocenters. The molecule has 10 nitrogen and oxygen atoms in total. The maximum absolute atomic E-state index is 13.6. The molecule has 0 radical (unpaired) electrons. The van der Waals surface area contributed by atoms with Gasteiger partial charge in [-0.1, -0.05) is 78.9 Å². The van der Waals surface area contributed by atoms with Crippen molar-refractivity contribution < 1.29 is 40.8 Å². The number of esters is 1. The predicted molar refractivity (Wildman–Crippen MR) is 161 cm³/mol. The lowest BCUT2D eigenvalue weighted by Gasteiger charge is -2.22. The fourth-order valence-electron chi connectivity index (χ4n) is 4.54. The van der Waals surface area contributed by atoms with Gasteiger partial charge in [-0.15, -0.1) is 0 Å². The summed E-state index contributed by atoms with van der Waals surface area (Å²) in [6.45, 7) is -0.366. The van der Waals surface area contributed by atoms with Gasteiger partial charge in [-0.3, -0.25) is 19.7 Å². The van der Waals surface area contributed by atoms with E-state index in [0.29, 0.717) is 23.3 Å². The van der Waals surface area contributed by atoms with Gasteiger partial charge in [-0.25, -0.2) is 8.42 Å². The number of hydrogen-bond donors (Lipinski definition) is 2. The van der Waals surface area contributed by atoms with Crippen LogP contribution in [0.15, 0.2) is 114 Å². The molecular weight excluding hydrogens is 627 g/mol. The molecule has 46 heavy (non-hydrogen) atoms. The molecule has 0 unspecified atom stereocenters. The number of nitro groups is 1. The molecule has 240 valence electrons. The third-order valence-electron chi connectivity index (χ3n) is 6.77. The Labute approximate surface area is 262 Å². The van der Waals surface area contributed by atoms with Crippen molar-refractivity contribution in [2.45, 2.75) is 36.0 Å². The molecule has 0 aliphatic rings. The van der Waals surface area contributed by atoms with Crippen LogP contribution in [0, 0.1) is 10.1 Å². The largest absolute Gasteiger partial charge is 0.462 e. The number of carbonyl (C=O) groups excluding carboxylic acids is 2. The summed E-state index contributed by atoms with van der Waals surface area (Å²) in [4.78, 5) is 35.2. The van der Waals surface area contributed by atoms with E-state index in [0.717, 1.165) is 5.56 Å². The lowest BCUT2D eigenvalue weighted by atomic mass is 10.1. The predicted octanol–water partition coefficient (Wildman–Crippen LogP) is 5.09. The van der Waals surface area contributed by atoms with E-state index in [4.69, 9.17) is 4.74 Å². The van der Waals surface area contributed by atoms with Crippen LogP contribution in [0.25, 0.3) is 0 Å². The molecule has 0 bridgehead atoms. The summed E-state index contributed by atoms with van der Waals surface area (Å²) in [7, 11) is -4.84. The van der Waals surface area contributed by atoms with Crippen LogP contribution >= 0.6 is 0 Å². The van der Waals surface area contributed by atoms with Gasteiger partial charge in [-0.05, 0) is 48.2 Å². The number of benzene rings is 4. The van der Waals surface area contributed by atoms with Gasteiger partial charge in [0.15, 0.2) is 0 Å². The maximum Gasteiger partial charge on any atom is 0.423 e. The van der Waals surface area contributed by atoms with Gasteiger partial charge >= 0.3 is 12.1 Å². The average Bonchev–Trinajstić information content (AvgIpc) is 3.03. The molecule has 0 spiro atoms. The van der Waals surface area contributed by atoms with E-state index in [1.165, 1.54) is 0 Å². The molecule has 0 saturated carbocycles. The minimum absolute atomic E-state index is 0.139. The Kier molecular flexibility index (Phi) is 10.9. The van der Waals surface area contributed by atoms with E-state index in [1.54, 1.807) is 72.8 Å². The Morgan fingerprint density at radius 3 is 1.91 bits per heavy atom. The van der Waals surface area contributed by atoms with E-state index in [9.17, 15) is 41.3 Å². The second-order valence-corrected chi connectivity index (χ2v) is 11.9. The summed E-state index contributed by atoms with van der Waals surface area (Å²) >= 11 is 0. The minimum atomic E-state index is -5.23. The van der Waals surface area contributed by atoms with Crippen molar-refractivity contribution in [2.24, 2.45) is 0 Å². The average molecular weight is 656 g/mol. The topological polar surface area (TPSA) is 145 Å². The number of nitrogens with one attached hydrogen (secondary N) is 2. The van der Waals surface area contributed by atoms with Crippen molar-refractivity contribution in [1.82, 2.24) is 10.0 Å². The molecule has 0 aliphatic heterocycles. The monoisotopic (exact) mass is 655 g/mol. The zero-order valence-electron chi connectivity index (χ0n) is 24.0. The van der Waals surface area contributed by atoms with Gasteiger partial charge in [0.25, 0.3) is 11.6 Å². The SMILES string of the molecule is O=C(N[C@@H](COC(=O)[C@H](Cc1ccccc1)NS(=O)(=O)c1ccc([N+](=O)[O-])c(C(F)(F)F)c1)Cc1ccccc1)c1ccccc1. The summed E-state index contributed by atoms with van der Waals surface area (Å²) in [5, 5.41) is 14.0. The Balaban J connectivity index is 1.58. The summed E-state index contributed by atoms with van der Waals surface area (Å²) in [5.41, 5.74) is -1.40. The van der Waals surface area contributed by atoms with E-state index in [1.807, 2.05) is 18.2 Å². The fourth-order valence-corrected chi connectivity index (χ4v) is 5.75. The second-order valence-electron chi connectivity index (χ2n) is 10.2. The molecule has 0 aromatic heterocycles. The number of halogens is 3. The highest BCUT2D eigenvalue weighted by Crippen LogP contribution is 2.37. The van der Waals surface area contributed by atoms with Crippen molar-refractivity contribution in [2.75, 3.05) is 6.61 Å². The highest BCUT2D eigenvalue weighted by Gasteiger charge is 2.40. The van der Waals surface area contributed by atoms with E-state index in [2.05, 4.69) is 10.0 Å². The van der Waals surface area contributed by atoms with Gasteiger partial charge in [-0.2, -0.15) is 17.9 Å². The summed E-state index contributed by atoms with van der Waals surface area (Å²) in [6, 6.07) is 24.4. The minimum Gasteiger partial charge on any atom is -0.462 e. The van der Waals surface area contributed by atoms with Crippen LogP contribution < -0.4 is 10.0 Å². The molecule has 14 heteroatoms. The third-order valence-corrected chi connectivity index (χ3v) is 8.24. The number of nitro benzene ring substituents is 1. The Bertz CT molecular complexity index is 1770. The molecule has 0 aliphatic carbocycles. The molecule has 0 saturated heterocycles. The number of nitrogens with zero attached hydrogens (tertiary/aromatic N) is 1. The normalized spacial score (nSPS) is 12.9. The Morgan fingerprint density at radius 1 is 0.826 bits per heavy atom. The van der Waals surface area contributed by atoms with Crippen molar-refractivity contribution in [3.8, 4) is 0 Å². The third kappa shape index (κ3) is 9.22. The van der Waals surface area contributed by atoms with Crippen LogP contribution in [0.3, 0.4) is 0 Å². The molecular formula is C32H28F3N3O7S. The molecule has 0 fully saturated rings. The number of amides is 1. The number of hydrogen-bond acceptors (Lipinski definition) is 7. The quantitative estimate of drug-likeness (QED) is 0.116. The summed E-state index contributed by atoms with van der Waals surface area (Å²) in [6.07, 6.45) is -5.21. The number of sulfonamides is 1. The van der Waals surface area contributed by atoms with Crippen LogP contribution in [-0.2, 0) is 38.6 Å². The second kappa shape index (κ2) is 14.8. The van der Waals surface area contributed by atoms with Gasteiger partial charge in [0.1, 0.15) is 18.2 Å². The van der Waals surface area contributed by atoms with Crippen molar-refractivity contribution in [3.05, 3.63) is 142 Å². The molecule has 4 rings (SSSR count). The standard InChI is InChI=1S/C32H28F3N3O7S/c33-32(34,35)27-20-26(16-17-29(27)38(41)42)46(43,44)37-28(19-23-12-6-2-7-13-23)31(40)45-21-25(18-22-10-4-1-5-11-22)36-30(39)24-14-8-3-9-15-24/h1-17,20,25,28,37H,18-19,21H2,(H,36,39)/t25-,28+/m1/s1. The lowest BCUT2D eigenvalue weighted by molar-refractivity contribution is -0.388. The van der Waals surface area contributed by atoms with E-state index >= 15 is 0 Å². The first-order valence-corrected chi connectivity index (χ1v) is 15.3. The molecule has 4 aromatic rings. The van der Waals surface area contributed by atoms with Crippen LogP contribution in [0.1, 0.15) is 27.0 Å². The highest BCUT2D eigenvalue weighted by atomic mass is 32.2. The first-order chi connectivity index (χ1) is 21.8. The Morgan fingerprint density at radius 2 is 1.37 bits per heavy atom. The number of carbonyl (C=O) groups is 2. The van der Waals surface area contributed by atoms with Crippen LogP contribution in [-0.4, -0.2) is 43.9 Å². The van der Waals surface area contributed by atoms with Gasteiger partial charge in [0, 0.05) is 11.6 Å². The van der Waals surface area contributed by atoms with Crippen molar-refractivity contribution >= 4 is 27.6 Å². The summed E-state index contributed by atoms with van der Waals surface area (Å²) in [5.74, 6) is -1.49. The molecule has 2 N–H and O–H groups in total. The van der Waals surface area contributed by atoms with Gasteiger partial charge < -0.3 is 10.1 Å². The van der Waals surface area contributed by atoms with Crippen molar-refractivity contribution in [1.29, 1.82) is 0 Å². The van der Waals surface area contributed by atoms with Crippen molar-refractivity contribution in [3.63, 3.8) is 0 Å². The zero-order chi connectivity index (χ0) is 33.3. The fraction of sp³-hybridized carbons (Fsp3) is 0.188. The van der Waals surface area contributed by atoms with E-state index in [-0.39, 0.29) is 25.5 Å². The number of ether oxygens (including phenoxy) is 1. The van der Waals surface area contributed by atoms with Crippen LogP contribution in [0.4, 0.5) is 18.9 Å². The first-order valence-electron chi connectivity index (χ1n) is 13.8. The maximum atomic E-state index is 13.6. The highest BCUT2D eigenvalue weighted by molar-refractivity contribution is 7.89. The molecule has 1 amide bonds. The Hall–Kier alpha value is -5.08. The van der Waals surface area contributed by atoms with E-state index < -0.39 is 61.2 Å². The van der Waals surface area contributed by atoms with Crippen LogP contribution in [0.2, 0.25) is 0 Å². The lowest BCUT2D eigenvalue weighted by Crippen LogP contribution is -2.46. The molecule has 4 aromatic carbocycles.